The molecule has 25 nitrogen and oxygen atoms in total. The van der Waals surface area contributed by atoms with Gasteiger partial charge in [-0.15, -0.1) is 0 Å². The predicted molar refractivity (Wildman–Crippen MR) is 274 cm³/mol. The third kappa shape index (κ3) is 11.0. The fourth-order valence-electron chi connectivity index (χ4n) is 16.7. The summed E-state index contributed by atoms with van der Waals surface area (Å²) in [5, 5.41) is 173. The van der Waals surface area contributed by atoms with Crippen LogP contribution in [0.4, 0.5) is 0 Å². The maximum Gasteiger partial charge on any atom is 0.195 e. The molecule has 0 aromatic rings. The van der Waals surface area contributed by atoms with Gasteiger partial charge in [-0.1, -0.05) is 41.2 Å². The summed E-state index contributed by atoms with van der Waals surface area (Å²) in [6.07, 6.45) is -28.7. The van der Waals surface area contributed by atoms with Gasteiger partial charge in [0, 0.05) is 0 Å². The van der Waals surface area contributed by atoms with Crippen LogP contribution >= 0.6 is 0 Å². The Labute approximate surface area is 466 Å². The highest BCUT2D eigenvalue weighted by atomic mass is 17.1. The van der Waals surface area contributed by atoms with Crippen molar-refractivity contribution in [2.45, 2.75) is 259 Å². The molecule has 0 unspecified atom stereocenters. The van der Waals surface area contributed by atoms with E-state index in [4.69, 9.17) is 42.8 Å². The largest absolute Gasteiger partial charge is 0.394 e. The quantitative estimate of drug-likeness (QED) is 0.0296. The van der Waals surface area contributed by atoms with Crippen LogP contribution in [0, 0.1) is 45.3 Å². The summed E-state index contributed by atoms with van der Waals surface area (Å²) < 4.78 is 49.3. The van der Waals surface area contributed by atoms with Gasteiger partial charge in [-0.25, -0.2) is 4.89 Å². The predicted octanol–water partition coefficient (Wildman–Crippen LogP) is -2.34. The normalized spacial score (nSPS) is 52.5. The maximum atomic E-state index is 12.9. The lowest BCUT2D eigenvalue weighted by Gasteiger charge is -2.71. The van der Waals surface area contributed by atoms with E-state index in [0.717, 1.165) is 12.8 Å². The lowest BCUT2D eigenvalue weighted by Crippen LogP contribution is -2.69. The molecular weight excluding hydrogens is 1060 g/mol. The number of fused-ring (bicyclic) bond motifs is 5. The van der Waals surface area contributed by atoms with Gasteiger partial charge < -0.3 is 114 Å². The Morgan fingerprint density at radius 3 is 1.77 bits per heavy atom. The molecule has 464 valence electrons. The minimum absolute atomic E-state index is 0.0121. The van der Waals surface area contributed by atoms with E-state index in [2.05, 4.69) is 41.2 Å². The van der Waals surface area contributed by atoms with Crippen molar-refractivity contribution < 1.29 is 125 Å². The van der Waals surface area contributed by atoms with E-state index >= 15 is 0 Å². The zero-order valence-electron chi connectivity index (χ0n) is 47.2. The molecule has 0 aromatic heterocycles. The van der Waals surface area contributed by atoms with E-state index in [-0.39, 0.29) is 35.5 Å². The van der Waals surface area contributed by atoms with Crippen molar-refractivity contribution >= 4 is 0 Å². The Kier molecular flexibility index (Phi) is 19.5. The molecule has 0 aromatic carbocycles. The molecule has 16 N–H and O–H groups in total. The van der Waals surface area contributed by atoms with E-state index in [1.165, 1.54) is 6.92 Å². The van der Waals surface area contributed by atoms with E-state index in [9.17, 15) is 81.9 Å². The molecule has 4 saturated carbocycles. The molecule has 80 heavy (non-hydrogen) atoms. The molecule has 8 rings (SSSR count). The van der Waals surface area contributed by atoms with E-state index in [0.29, 0.717) is 37.7 Å². The van der Waals surface area contributed by atoms with Crippen LogP contribution in [0.1, 0.15) is 113 Å². The standard InChI is InChI=1S/C55H94O25/c1-23(2)26(80-71)11-17-54(8,79-48-44(69)40(65)38(63)30(75-48)22-72-47-43(68)39(64)35(60)27(19-56)73-47)24-10-15-53(7)34(24)25(59)18-32-51(5)14-13-33(50(3,4)31(51)12-16-52(32,53)6)76-49-45(41(66)36(61)28(20-57)74-49)78-55(9)46(70)42(67)37(62)29(21-58)77-55/h24-49,56-71H,1,10-22H2,2-9H3/t24-,25+,26-,27+,28+,29+,30+,31-,32+,33-,34-,35+,36+,37+,38+,39-,40-,41-,42-,43+,44+,45+,46+,47-,48-,49-,51-,52+,53+,54-,55-/m0/s1. The van der Waals surface area contributed by atoms with Gasteiger partial charge in [0.05, 0.1) is 44.2 Å². The van der Waals surface area contributed by atoms with Gasteiger partial charge in [0.1, 0.15) is 104 Å². The third-order valence-corrected chi connectivity index (χ3v) is 21.7. The Morgan fingerprint density at radius 2 is 1.18 bits per heavy atom. The average molecular weight is 1160 g/mol. The molecular formula is C55H94O25. The van der Waals surface area contributed by atoms with Gasteiger partial charge in [-0.05, 0) is 129 Å². The summed E-state index contributed by atoms with van der Waals surface area (Å²) >= 11 is 0. The van der Waals surface area contributed by atoms with Gasteiger partial charge in [-0.3, -0.25) is 5.26 Å². The van der Waals surface area contributed by atoms with Gasteiger partial charge in [-0.2, -0.15) is 0 Å². The number of aliphatic hydroxyl groups is 15. The molecule has 8 aliphatic rings. The zero-order valence-corrected chi connectivity index (χ0v) is 47.2. The van der Waals surface area contributed by atoms with Crippen LogP contribution in [-0.2, 0) is 42.8 Å². The van der Waals surface area contributed by atoms with Gasteiger partial charge >= 0.3 is 0 Å². The summed E-state index contributed by atoms with van der Waals surface area (Å²) in [6, 6.07) is 0. The van der Waals surface area contributed by atoms with Gasteiger partial charge in [0.2, 0.25) is 0 Å². The maximum absolute atomic E-state index is 12.9. The van der Waals surface area contributed by atoms with E-state index in [1.807, 2.05) is 6.92 Å². The van der Waals surface area contributed by atoms with Crippen LogP contribution in [0.15, 0.2) is 12.2 Å². The molecule has 4 aliphatic heterocycles. The summed E-state index contributed by atoms with van der Waals surface area (Å²) in [7, 11) is 0. The third-order valence-electron chi connectivity index (χ3n) is 21.7. The topological polar surface area (TPSA) is 407 Å². The second-order valence-electron chi connectivity index (χ2n) is 26.5. The second kappa shape index (κ2) is 24.1. The number of ether oxygens (including phenoxy) is 8. The van der Waals surface area contributed by atoms with Crippen molar-refractivity contribution in [3.63, 3.8) is 0 Å². The van der Waals surface area contributed by atoms with Crippen LogP contribution in [0.3, 0.4) is 0 Å². The molecule has 0 bridgehead atoms. The Morgan fingerprint density at radius 1 is 0.625 bits per heavy atom. The summed E-state index contributed by atoms with van der Waals surface area (Å²) in [6.45, 7) is 17.1. The fraction of sp³-hybridized carbons (Fsp3) is 0.964. The van der Waals surface area contributed by atoms with Crippen molar-refractivity contribution in [1.29, 1.82) is 0 Å². The van der Waals surface area contributed by atoms with Crippen molar-refractivity contribution in [2.24, 2.45) is 45.3 Å². The Bertz CT molecular complexity index is 2090. The van der Waals surface area contributed by atoms with Crippen LogP contribution in [0.25, 0.3) is 0 Å². The Hall–Kier alpha value is -1.26. The average Bonchev–Trinajstić information content (AvgIpc) is 3.98. The van der Waals surface area contributed by atoms with E-state index < -0.39 is 195 Å². The van der Waals surface area contributed by atoms with Crippen molar-refractivity contribution in [2.75, 3.05) is 26.4 Å². The lowest BCUT2D eigenvalue weighted by molar-refractivity contribution is -0.411. The molecule has 0 amide bonds. The number of hydrogen-bond donors (Lipinski definition) is 16. The smallest absolute Gasteiger partial charge is 0.195 e. The first-order valence-electron chi connectivity index (χ1n) is 28.6. The highest BCUT2D eigenvalue weighted by molar-refractivity contribution is 5.21. The molecule has 4 saturated heterocycles. The van der Waals surface area contributed by atoms with Crippen LogP contribution < -0.4 is 0 Å². The molecule has 8 fully saturated rings. The van der Waals surface area contributed by atoms with Crippen LogP contribution in [-0.4, -0.2) is 255 Å². The van der Waals surface area contributed by atoms with Crippen molar-refractivity contribution in [3.05, 3.63) is 12.2 Å². The van der Waals surface area contributed by atoms with Crippen molar-refractivity contribution in [1.82, 2.24) is 0 Å². The van der Waals surface area contributed by atoms with Crippen LogP contribution in [0.5, 0.6) is 0 Å². The van der Waals surface area contributed by atoms with Crippen LogP contribution in [0.2, 0.25) is 0 Å². The SMILES string of the molecule is C=C(C)[C@H](CC[C@](C)(O[C@@H]1O[C@H](CO[C@H]2O[C@H](CO)[C@@H](O)[C@H](O)[C@H]2O)[C@@H](O)[C@H](O)[C@H]1O)[C@H]1CC[C@]2(C)[C@@H]1[C@H](O)C[C@@H]1[C@@]3(C)CC[C@H](O[C@@H]4O[C@H](CO)[C@@H](O)[C@H](O)[C@H]4O[C@]4(C)O[C@H](CO)[C@@H](O)[C@H](O)[C@H]4O)C(C)(C)[C@@H]3CC[C@]12C)OO. The number of rotatable bonds is 18. The molecule has 31 atom stereocenters. The van der Waals surface area contributed by atoms with Crippen molar-refractivity contribution in [3.8, 4) is 0 Å². The first-order valence-corrected chi connectivity index (χ1v) is 28.6. The second-order valence-corrected chi connectivity index (χ2v) is 26.5. The van der Waals surface area contributed by atoms with Gasteiger partial charge in [0.15, 0.2) is 24.7 Å². The molecule has 0 spiro atoms. The summed E-state index contributed by atoms with van der Waals surface area (Å²) in [5.41, 5.74) is -2.64. The minimum atomic E-state index is -2.15. The first kappa shape index (κ1) is 64.7. The lowest BCUT2D eigenvalue weighted by atomic mass is 9.35. The number of hydrogen-bond acceptors (Lipinski definition) is 25. The molecule has 4 heterocycles. The van der Waals surface area contributed by atoms with Gasteiger partial charge in [0.25, 0.3) is 0 Å². The molecule has 25 heteroatoms. The summed E-state index contributed by atoms with van der Waals surface area (Å²) in [5.74, 6) is -3.01. The minimum Gasteiger partial charge on any atom is -0.394 e. The summed E-state index contributed by atoms with van der Waals surface area (Å²) in [4.78, 5) is 4.85. The fourth-order valence-corrected chi connectivity index (χ4v) is 16.7. The van der Waals surface area contributed by atoms with E-state index in [1.54, 1.807) is 6.92 Å². The zero-order chi connectivity index (χ0) is 59.1. The first-order chi connectivity index (χ1) is 37.3. The Balaban J connectivity index is 1.03. The monoisotopic (exact) mass is 1150 g/mol. The highest BCUT2D eigenvalue weighted by Crippen LogP contribution is 2.76. The highest BCUT2D eigenvalue weighted by Gasteiger charge is 2.72. The molecule has 0 radical (unpaired) electrons. The number of aliphatic hydroxyl groups excluding tert-OH is 15. The molecule has 4 aliphatic carbocycles.